The van der Waals surface area contributed by atoms with E-state index in [0.717, 1.165) is 43.9 Å². The number of benzene rings is 4. The molecule has 16 heteroatoms. The second-order valence-electron chi connectivity index (χ2n) is 15.7. The smallest absolute Gasteiger partial charge is 0.246 e. The Kier molecular flexibility index (Phi) is 17.0. The van der Waals surface area contributed by atoms with Gasteiger partial charge < -0.3 is 43.4 Å². The summed E-state index contributed by atoms with van der Waals surface area (Å²) in [4.78, 5) is 82.0. The molecule has 1 unspecified atom stereocenters. The predicted octanol–water partition coefficient (Wildman–Crippen LogP) is 2.94. The normalized spacial score (nSPS) is 15.8. The van der Waals surface area contributed by atoms with Gasteiger partial charge in [0.2, 0.25) is 35.4 Å². The van der Waals surface area contributed by atoms with Crippen LogP contribution in [0.2, 0.25) is 0 Å². The maximum absolute atomic E-state index is 14.7. The molecule has 5 rings (SSSR count). The molecular formula is C46H56BrN9O6. The van der Waals surface area contributed by atoms with Crippen LogP contribution < -0.4 is 43.4 Å². The molecule has 0 bridgehead atoms. The number of nitrogens with two attached hydrogens (primary N) is 2. The van der Waals surface area contributed by atoms with E-state index in [9.17, 15) is 28.8 Å². The third-order valence-corrected chi connectivity index (χ3v) is 11.7. The number of guanidine groups is 1. The Balaban J connectivity index is 1.43. The highest BCUT2D eigenvalue weighted by atomic mass is 79.9. The van der Waals surface area contributed by atoms with E-state index in [1.165, 1.54) is 0 Å². The van der Waals surface area contributed by atoms with Crippen molar-refractivity contribution in [1.82, 2.24) is 31.9 Å². The summed E-state index contributed by atoms with van der Waals surface area (Å²) in [7, 11) is 0. The van der Waals surface area contributed by atoms with Crippen LogP contribution in [0.25, 0.3) is 10.8 Å². The number of hydrogen-bond acceptors (Lipinski definition) is 7. The highest BCUT2D eigenvalue weighted by molar-refractivity contribution is 9.10. The van der Waals surface area contributed by atoms with E-state index in [1.54, 1.807) is 0 Å². The van der Waals surface area contributed by atoms with E-state index in [2.05, 4.69) is 47.8 Å². The van der Waals surface area contributed by atoms with Crippen molar-refractivity contribution in [1.29, 1.82) is 5.41 Å². The van der Waals surface area contributed by atoms with Crippen LogP contribution >= 0.6 is 15.9 Å². The molecular weight excluding hydrogens is 854 g/mol. The summed E-state index contributed by atoms with van der Waals surface area (Å²) < 4.78 is 0.912. The number of halogens is 1. The lowest BCUT2D eigenvalue weighted by atomic mass is 9.76. The first-order valence-electron chi connectivity index (χ1n) is 20.9. The maximum atomic E-state index is 14.7. The van der Waals surface area contributed by atoms with Gasteiger partial charge in [-0.2, -0.15) is 0 Å². The number of carbonyl (C=O) groups excluding carboxylic acids is 6. The fraction of sp³-hybridized carbons (Fsp3) is 0.370. The molecule has 4 aromatic carbocycles. The minimum Gasteiger partial charge on any atom is -0.370 e. The molecule has 62 heavy (non-hydrogen) atoms. The summed E-state index contributed by atoms with van der Waals surface area (Å²) in [6, 6.07) is 24.6. The number of hydrogen-bond donors (Lipinski definition) is 9. The third kappa shape index (κ3) is 13.4. The van der Waals surface area contributed by atoms with Gasteiger partial charge in [0.25, 0.3) is 0 Å². The highest BCUT2D eigenvalue weighted by Gasteiger charge is 2.44. The van der Waals surface area contributed by atoms with Crippen molar-refractivity contribution in [2.75, 3.05) is 13.1 Å². The maximum Gasteiger partial charge on any atom is 0.246 e. The minimum atomic E-state index is -1.36. The number of rotatable bonds is 21. The lowest BCUT2D eigenvalue weighted by Crippen LogP contribution is -2.65. The molecule has 0 saturated carbocycles. The molecule has 0 spiro atoms. The lowest BCUT2D eigenvalue weighted by molar-refractivity contribution is -0.137. The Bertz CT molecular complexity index is 2260. The first kappa shape index (κ1) is 46.8. The topological polar surface area (TPSA) is 250 Å². The van der Waals surface area contributed by atoms with Gasteiger partial charge in [0, 0.05) is 36.7 Å². The van der Waals surface area contributed by atoms with Crippen molar-refractivity contribution in [2.45, 2.75) is 94.8 Å². The number of unbranched alkanes of at least 4 members (excludes halogenated alkanes) is 1. The van der Waals surface area contributed by atoms with Crippen LogP contribution in [0.5, 0.6) is 0 Å². The van der Waals surface area contributed by atoms with Crippen LogP contribution in [0, 0.1) is 5.41 Å². The Morgan fingerprint density at radius 1 is 0.742 bits per heavy atom. The van der Waals surface area contributed by atoms with E-state index in [4.69, 9.17) is 16.9 Å². The number of amides is 6. The van der Waals surface area contributed by atoms with Crippen LogP contribution in [-0.2, 0) is 54.5 Å². The standard InChI is InChI=1S/C46H56BrN9O6/c1-2-3-18-40(58)56-46(22-21-34-33(27-46)15-9-16-35(34)47)44(62)55-38(25-29-11-5-4-6-12-29)43(61)53-36(17-10-23-51-45(49)50)42(60)54-37(41(59)52-28-39(48)57)26-30-19-20-31-13-7-8-14-32(31)24-30/h4-9,11-16,19-20,24,36-38H,2-3,10,17-18,21-23,25-28H2,1H3,(H2,48,57)(H,52,59)(H,53,61)(H,54,60)(H,55,62)(H,56,58)(H4,49,50,51)/t36-,37-,38+,46?/m0/s1. The number of fused-ring (bicyclic) bond motifs is 2. The molecule has 0 radical (unpaired) electrons. The molecule has 4 atom stereocenters. The van der Waals surface area contributed by atoms with Gasteiger partial charge in [-0.25, -0.2) is 0 Å². The first-order chi connectivity index (χ1) is 29.8. The van der Waals surface area contributed by atoms with Gasteiger partial charge in [0.15, 0.2) is 5.96 Å². The van der Waals surface area contributed by atoms with Crippen LogP contribution in [0.15, 0.2) is 95.5 Å². The Morgan fingerprint density at radius 2 is 1.42 bits per heavy atom. The Hall–Kier alpha value is -6.29. The number of primary amides is 1. The second-order valence-corrected chi connectivity index (χ2v) is 16.5. The van der Waals surface area contributed by atoms with Gasteiger partial charge >= 0.3 is 0 Å². The van der Waals surface area contributed by atoms with Gasteiger partial charge in [-0.1, -0.05) is 114 Å². The molecule has 328 valence electrons. The summed E-state index contributed by atoms with van der Waals surface area (Å²) in [6.07, 6.45) is 3.10. The fourth-order valence-corrected chi connectivity index (χ4v) is 8.24. The zero-order valence-electron chi connectivity index (χ0n) is 34.9. The van der Waals surface area contributed by atoms with Crippen molar-refractivity contribution in [3.63, 3.8) is 0 Å². The summed E-state index contributed by atoms with van der Waals surface area (Å²) in [5.41, 5.74) is 12.9. The van der Waals surface area contributed by atoms with Crippen molar-refractivity contribution < 1.29 is 28.8 Å². The second kappa shape index (κ2) is 22.5. The molecule has 0 fully saturated rings. The van der Waals surface area contributed by atoms with Gasteiger partial charge in [0.05, 0.1) is 6.54 Å². The average Bonchev–Trinajstić information content (AvgIpc) is 3.25. The molecule has 11 N–H and O–H groups in total. The average molecular weight is 911 g/mol. The van der Waals surface area contributed by atoms with Gasteiger partial charge in [-0.05, 0) is 71.2 Å². The summed E-state index contributed by atoms with van der Waals surface area (Å²) in [6.45, 7) is 1.73. The lowest BCUT2D eigenvalue weighted by Gasteiger charge is -2.39. The SMILES string of the molecule is CCCCC(=O)NC1(C(=O)N[C@H](Cc2ccccc2)C(=O)N[C@@H](CCCNC(=N)N)C(=O)N[C@@H](Cc2ccc3ccccc3c2)C(=O)NCC(N)=O)CCc2c(Br)cccc2C1. The molecule has 0 aliphatic heterocycles. The van der Waals surface area contributed by atoms with Crippen molar-refractivity contribution >= 4 is 68.1 Å². The summed E-state index contributed by atoms with van der Waals surface area (Å²) in [5, 5.41) is 26.3. The Morgan fingerprint density at radius 3 is 2.15 bits per heavy atom. The predicted molar refractivity (Wildman–Crippen MR) is 242 cm³/mol. The molecule has 0 aromatic heterocycles. The van der Waals surface area contributed by atoms with Crippen LogP contribution in [-0.4, -0.2) is 78.2 Å². The van der Waals surface area contributed by atoms with E-state index >= 15 is 0 Å². The first-order valence-corrected chi connectivity index (χ1v) is 21.7. The van der Waals surface area contributed by atoms with E-state index in [1.807, 2.05) is 97.9 Å². The summed E-state index contributed by atoms with van der Waals surface area (Å²) >= 11 is 3.63. The zero-order valence-corrected chi connectivity index (χ0v) is 36.4. The minimum absolute atomic E-state index is 0.0478. The number of nitrogens with one attached hydrogen (secondary N) is 7. The Labute approximate surface area is 369 Å². The molecule has 6 amide bonds. The fourth-order valence-electron chi connectivity index (χ4n) is 7.63. The largest absolute Gasteiger partial charge is 0.370 e. The highest BCUT2D eigenvalue weighted by Crippen LogP contribution is 2.34. The van der Waals surface area contributed by atoms with Crippen molar-refractivity contribution in [3.8, 4) is 0 Å². The van der Waals surface area contributed by atoms with Crippen LogP contribution in [0.4, 0.5) is 0 Å². The monoisotopic (exact) mass is 909 g/mol. The van der Waals surface area contributed by atoms with Crippen molar-refractivity contribution in [3.05, 3.63) is 118 Å². The molecule has 4 aromatic rings. The number of carbonyl (C=O) groups is 6. The molecule has 1 aliphatic carbocycles. The molecule has 15 nitrogen and oxygen atoms in total. The molecule has 0 saturated heterocycles. The van der Waals surface area contributed by atoms with Gasteiger partial charge in [-0.15, -0.1) is 0 Å². The quantitative estimate of drug-likeness (QED) is 0.0341. The van der Waals surface area contributed by atoms with Crippen LogP contribution in [0.1, 0.15) is 67.7 Å². The van der Waals surface area contributed by atoms with E-state index < -0.39 is 59.7 Å². The van der Waals surface area contributed by atoms with E-state index in [0.29, 0.717) is 12.8 Å². The van der Waals surface area contributed by atoms with E-state index in [-0.39, 0.29) is 63.4 Å². The summed E-state index contributed by atoms with van der Waals surface area (Å²) in [5.74, 6) is -3.85. The van der Waals surface area contributed by atoms with Crippen molar-refractivity contribution in [2.24, 2.45) is 11.5 Å². The molecule has 1 aliphatic rings. The third-order valence-electron chi connectivity index (χ3n) is 10.9. The van der Waals surface area contributed by atoms with Gasteiger partial charge in [-0.3, -0.25) is 34.2 Å². The van der Waals surface area contributed by atoms with Crippen LogP contribution in [0.3, 0.4) is 0 Å². The molecule has 0 heterocycles. The van der Waals surface area contributed by atoms with Gasteiger partial charge in [0.1, 0.15) is 23.7 Å². The zero-order chi connectivity index (χ0) is 44.6.